The van der Waals surface area contributed by atoms with Gasteiger partial charge in [0, 0.05) is 25.2 Å². The van der Waals surface area contributed by atoms with Crippen LogP contribution < -0.4 is 10.2 Å². The van der Waals surface area contributed by atoms with Gasteiger partial charge in [-0.15, -0.1) is 11.3 Å². The largest absolute Gasteiger partial charge is 0.351 e. The Labute approximate surface area is 82.8 Å². The second kappa shape index (κ2) is 4.07. The first-order chi connectivity index (χ1) is 6.36. The molecule has 2 heterocycles. The van der Waals surface area contributed by atoms with Crippen LogP contribution in [0.1, 0.15) is 6.42 Å². The van der Waals surface area contributed by atoms with Crippen LogP contribution in [0.3, 0.4) is 0 Å². The topological polar surface area (TPSA) is 28.2 Å². The summed E-state index contributed by atoms with van der Waals surface area (Å²) >= 11 is 1.71. The van der Waals surface area contributed by atoms with Gasteiger partial charge in [0.05, 0.1) is 0 Å². The third kappa shape index (κ3) is 2.19. The Balaban J connectivity index is 1.87. The molecule has 2 rings (SSSR count). The highest BCUT2D eigenvalue weighted by Crippen LogP contribution is 2.18. The minimum Gasteiger partial charge on any atom is -0.351 e. The minimum absolute atomic E-state index is 0.800. The van der Waals surface area contributed by atoms with Gasteiger partial charge < -0.3 is 10.2 Å². The highest BCUT2D eigenvalue weighted by molar-refractivity contribution is 7.13. The van der Waals surface area contributed by atoms with Gasteiger partial charge in [0.15, 0.2) is 5.13 Å². The van der Waals surface area contributed by atoms with Crippen molar-refractivity contribution in [3.05, 3.63) is 11.6 Å². The molecule has 0 radical (unpaired) electrons. The van der Waals surface area contributed by atoms with Gasteiger partial charge in [-0.25, -0.2) is 4.98 Å². The molecule has 1 aromatic rings. The van der Waals surface area contributed by atoms with Gasteiger partial charge in [-0.3, -0.25) is 0 Å². The van der Waals surface area contributed by atoms with E-state index in [1.165, 1.54) is 13.0 Å². The van der Waals surface area contributed by atoms with Crippen molar-refractivity contribution in [1.82, 2.24) is 10.3 Å². The second-order valence-electron chi connectivity index (χ2n) is 3.55. The first-order valence-electron chi connectivity index (χ1n) is 4.67. The molecule has 4 heteroatoms. The Kier molecular flexibility index (Phi) is 2.80. The average Bonchev–Trinajstić information content (AvgIpc) is 2.74. The number of nitrogens with zero attached hydrogens (tertiary/aromatic N) is 2. The van der Waals surface area contributed by atoms with Crippen molar-refractivity contribution in [3.63, 3.8) is 0 Å². The molecular formula is C9H15N3S. The monoisotopic (exact) mass is 197 g/mol. The number of thiazole rings is 1. The van der Waals surface area contributed by atoms with E-state index in [2.05, 4.69) is 22.2 Å². The Morgan fingerprint density at radius 2 is 2.69 bits per heavy atom. The fourth-order valence-electron chi connectivity index (χ4n) is 1.74. The summed E-state index contributed by atoms with van der Waals surface area (Å²) in [4.78, 5) is 6.53. The van der Waals surface area contributed by atoms with Gasteiger partial charge in [-0.1, -0.05) is 0 Å². The van der Waals surface area contributed by atoms with Gasteiger partial charge in [0.25, 0.3) is 0 Å². The number of nitrogens with one attached hydrogen (secondary N) is 1. The molecule has 13 heavy (non-hydrogen) atoms. The molecule has 0 saturated carbocycles. The third-order valence-electron chi connectivity index (χ3n) is 2.44. The zero-order valence-electron chi connectivity index (χ0n) is 7.86. The van der Waals surface area contributed by atoms with Gasteiger partial charge in [0.1, 0.15) is 0 Å². The summed E-state index contributed by atoms with van der Waals surface area (Å²) in [7, 11) is 2.12. The van der Waals surface area contributed by atoms with E-state index in [1.807, 2.05) is 11.6 Å². The average molecular weight is 197 g/mol. The fourth-order valence-corrected chi connectivity index (χ4v) is 2.36. The lowest BCUT2D eigenvalue weighted by molar-refractivity contribution is 0.578. The highest BCUT2D eigenvalue weighted by atomic mass is 32.1. The lowest BCUT2D eigenvalue weighted by Gasteiger charge is -2.19. The summed E-state index contributed by atoms with van der Waals surface area (Å²) < 4.78 is 0. The number of aromatic nitrogens is 1. The standard InChI is InChI=1S/C9H15N3S/c1-12(9-11-4-5-13-9)7-8-2-3-10-6-8/h4-5,8,10H,2-3,6-7H2,1H3. The zero-order valence-corrected chi connectivity index (χ0v) is 8.68. The SMILES string of the molecule is CN(CC1CCNC1)c1nccs1. The van der Waals surface area contributed by atoms with E-state index in [0.717, 1.165) is 24.1 Å². The summed E-state index contributed by atoms with van der Waals surface area (Å²) in [6.45, 7) is 3.46. The first kappa shape index (κ1) is 8.97. The molecule has 1 saturated heterocycles. The Morgan fingerprint density at radius 1 is 1.77 bits per heavy atom. The molecule has 1 aromatic heterocycles. The molecule has 0 spiro atoms. The van der Waals surface area contributed by atoms with Crippen molar-refractivity contribution in [1.29, 1.82) is 0 Å². The van der Waals surface area contributed by atoms with Crippen molar-refractivity contribution in [3.8, 4) is 0 Å². The summed E-state index contributed by atoms with van der Waals surface area (Å²) in [5.74, 6) is 0.800. The maximum atomic E-state index is 4.28. The minimum atomic E-state index is 0.800. The van der Waals surface area contributed by atoms with Gasteiger partial charge in [0.2, 0.25) is 0 Å². The molecule has 0 bridgehead atoms. The van der Waals surface area contributed by atoms with E-state index in [4.69, 9.17) is 0 Å². The van der Waals surface area contributed by atoms with E-state index >= 15 is 0 Å². The molecule has 0 aliphatic carbocycles. The maximum Gasteiger partial charge on any atom is 0.184 e. The van der Waals surface area contributed by atoms with Crippen LogP contribution in [0.25, 0.3) is 0 Å². The van der Waals surface area contributed by atoms with Crippen LogP contribution in [0.15, 0.2) is 11.6 Å². The summed E-state index contributed by atoms with van der Waals surface area (Å²) in [5.41, 5.74) is 0. The van der Waals surface area contributed by atoms with Crippen LogP contribution >= 0.6 is 11.3 Å². The quantitative estimate of drug-likeness (QED) is 0.789. The van der Waals surface area contributed by atoms with E-state index in [0.29, 0.717) is 0 Å². The van der Waals surface area contributed by atoms with Gasteiger partial charge in [-0.2, -0.15) is 0 Å². The van der Waals surface area contributed by atoms with Crippen LogP contribution in [-0.2, 0) is 0 Å². The maximum absolute atomic E-state index is 4.28. The molecule has 1 N–H and O–H groups in total. The van der Waals surface area contributed by atoms with E-state index in [-0.39, 0.29) is 0 Å². The van der Waals surface area contributed by atoms with Crippen molar-refractivity contribution in [2.45, 2.75) is 6.42 Å². The highest BCUT2D eigenvalue weighted by Gasteiger charge is 2.17. The Morgan fingerprint density at radius 3 is 3.31 bits per heavy atom. The van der Waals surface area contributed by atoms with Crippen LogP contribution in [0.5, 0.6) is 0 Å². The number of hydrogen-bond acceptors (Lipinski definition) is 4. The third-order valence-corrected chi connectivity index (χ3v) is 3.33. The molecule has 72 valence electrons. The summed E-state index contributed by atoms with van der Waals surface area (Å²) in [5, 5.41) is 6.54. The van der Waals surface area contributed by atoms with Crippen molar-refractivity contribution < 1.29 is 0 Å². The molecule has 1 aliphatic heterocycles. The molecule has 1 fully saturated rings. The zero-order chi connectivity index (χ0) is 9.10. The predicted molar refractivity (Wildman–Crippen MR) is 56.4 cm³/mol. The molecular weight excluding hydrogens is 182 g/mol. The number of hydrogen-bond donors (Lipinski definition) is 1. The lowest BCUT2D eigenvalue weighted by atomic mass is 10.1. The predicted octanol–water partition coefficient (Wildman–Crippen LogP) is 1.19. The second-order valence-corrected chi connectivity index (χ2v) is 4.43. The van der Waals surface area contributed by atoms with Crippen LogP contribution in [-0.4, -0.2) is 31.7 Å². The number of anilines is 1. The van der Waals surface area contributed by atoms with Crippen LogP contribution in [0, 0.1) is 5.92 Å². The Bertz CT molecular complexity index is 241. The van der Waals surface area contributed by atoms with E-state index in [1.54, 1.807) is 11.3 Å². The summed E-state index contributed by atoms with van der Waals surface area (Å²) in [6, 6.07) is 0. The van der Waals surface area contributed by atoms with Gasteiger partial charge >= 0.3 is 0 Å². The first-order valence-corrected chi connectivity index (χ1v) is 5.55. The summed E-state index contributed by atoms with van der Waals surface area (Å²) in [6.07, 6.45) is 3.17. The van der Waals surface area contributed by atoms with Crippen molar-refractivity contribution in [2.24, 2.45) is 5.92 Å². The van der Waals surface area contributed by atoms with Crippen LogP contribution in [0.2, 0.25) is 0 Å². The number of rotatable bonds is 3. The fraction of sp³-hybridized carbons (Fsp3) is 0.667. The molecule has 0 amide bonds. The van der Waals surface area contributed by atoms with Crippen molar-refractivity contribution >= 4 is 16.5 Å². The smallest absolute Gasteiger partial charge is 0.184 e. The molecule has 1 aliphatic rings. The van der Waals surface area contributed by atoms with E-state index in [9.17, 15) is 0 Å². The molecule has 3 nitrogen and oxygen atoms in total. The van der Waals surface area contributed by atoms with E-state index < -0.39 is 0 Å². The van der Waals surface area contributed by atoms with Gasteiger partial charge in [-0.05, 0) is 25.4 Å². The van der Waals surface area contributed by atoms with Crippen LogP contribution in [0.4, 0.5) is 5.13 Å². The molecule has 1 atom stereocenters. The van der Waals surface area contributed by atoms with Crippen molar-refractivity contribution in [2.75, 3.05) is 31.6 Å². The lowest BCUT2D eigenvalue weighted by Crippen LogP contribution is -2.26. The molecule has 0 aromatic carbocycles. The Hall–Kier alpha value is -0.610. The normalized spacial score (nSPS) is 22.1. The molecule has 1 unspecified atom stereocenters.